The quantitative estimate of drug-likeness (QED) is 0.181. The van der Waals surface area contributed by atoms with Crippen molar-refractivity contribution in [2.45, 2.75) is 12.5 Å². The molecule has 4 aromatic carbocycles. The predicted molar refractivity (Wildman–Crippen MR) is 162 cm³/mol. The Balaban J connectivity index is 1.29. The minimum atomic E-state index is -1.11. The lowest BCUT2D eigenvalue weighted by molar-refractivity contribution is -0.141. The summed E-state index contributed by atoms with van der Waals surface area (Å²) < 4.78 is 1.71. The van der Waals surface area contributed by atoms with E-state index in [0.29, 0.717) is 16.3 Å². The van der Waals surface area contributed by atoms with Crippen LogP contribution in [0.2, 0.25) is 5.02 Å². The third-order valence-electron chi connectivity index (χ3n) is 6.97. The average Bonchev–Trinajstić information content (AvgIpc) is 3.60. The fraction of sp³-hybridized carbons (Fsp3) is 0.0606. The molecule has 0 saturated carbocycles. The first-order valence-electron chi connectivity index (χ1n) is 13.1. The number of carbonyl (C=O) groups is 2. The molecule has 1 amide bonds. The number of carboxylic acids is 1. The number of carboxylic acid groups (broad SMARTS) is 1. The van der Waals surface area contributed by atoms with Crippen LogP contribution in [0.15, 0.2) is 109 Å². The van der Waals surface area contributed by atoms with E-state index in [2.05, 4.69) is 16.4 Å². The lowest BCUT2D eigenvalue weighted by atomic mass is 10.0. The Labute approximate surface area is 240 Å². The molecule has 8 heteroatoms. The Kier molecular flexibility index (Phi) is 7.10. The highest BCUT2D eigenvalue weighted by molar-refractivity contribution is 6.30. The van der Waals surface area contributed by atoms with Crippen LogP contribution in [0.25, 0.3) is 44.7 Å². The molecule has 6 aromatic rings. The Morgan fingerprint density at radius 1 is 0.976 bits per heavy atom. The second kappa shape index (κ2) is 11.2. The van der Waals surface area contributed by atoms with E-state index in [9.17, 15) is 14.7 Å². The molecule has 0 saturated heterocycles. The average molecular weight is 561 g/mol. The number of amides is 1. The number of halogens is 1. The number of aliphatic carboxylic acids is 1. The molecule has 0 aliphatic carbocycles. The number of fused-ring (bicyclic) bond motifs is 2. The number of aromatic nitrogens is 3. The largest absolute Gasteiger partial charge is 0.480 e. The van der Waals surface area contributed by atoms with Gasteiger partial charge in [0.25, 0.3) is 0 Å². The normalized spacial score (nSPS) is 12.2. The van der Waals surface area contributed by atoms with Crippen LogP contribution < -0.4 is 5.32 Å². The molecule has 1 atom stereocenters. The molecule has 0 fully saturated rings. The zero-order valence-corrected chi connectivity index (χ0v) is 22.5. The molecule has 7 nitrogen and oxygen atoms in total. The number of rotatable bonds is 8. The van der Waals surface area contributed by atoms with E-state index >= 15 is 0 Å². The van der Waals surface area contributed by atoms with Gasteiger partial charge in [0.2, 0.25) is 5.91 Å². The predicted octanol–water partition coefficient (Wildman–Crippen LogP) is 6.65. The Hall–Kier alpha value is -5.14. The fourth-order valence-corrected chi connectivity index (χ4v) is 5.11. The number of hydrogen-bond donors (Lipinski definition) is 3. The first-order chi connectivity index (χ1) is 19.9. The van der Waals surface area contributed by atoms with E-state index < -0.39 is 17.9 Å². The van der Waals surface area contributed by atoms with E-state index in [4.69, 9.17) is 16.7 Å². The van der Waals surface area contributed by atoms with Crippen LogP contribution in [0.3, 0.4) is 0 Å². The van der Waals surface area contributed by atoms with Crippen molar-refractivity contribution >= 4 is 51.2 Å². The molecule has 2 aromatic heterocycles. The maximum Gasteiger partial charge on any atom is 0.326 e. The minimum absolute atomic E-state index is 0.147. The van der Waals surface area contributed by atoms with Gasteiger partial charge in [0, 0.05) is 51.9 Å². The van der Waals surface area contributed by atoms with Gasteiger partial charge in [-0.15, -0.1) is 0 Å². The second-order valence-electron chi connectivity index (χ2n) is 9.72. The lowest BCUT2D eigenvalue weighted by Crippen LogP contribution is -2.41. The van der Waals surface area contributed by atoms with Gasteiger partial charge in [-0.25, -0.2) is 9.48 Å². The van der Waals surface area contributed by atoms with Crippen molar-refractivity contribution in [2.75, 3.05) is 0 Å². The van der Waals surface area contributed by atoms with Crippen molar-refractivity contribution in [3.63, 3.8) is 0 Å². The second-order valence-corrected chi connectivity index (χ2v) is 10.2. The highest BCUT2D eigenvalue weighted by atomic mass is 35.5. The van der Waals surface area contributed by atoms with Crippen molar-refractivity contribution in [3.05, 3.63) is 126 Å². The maximum absolute atomic E-state index is 13.0. The van der Waals surface area contributed by atoms with Gasteiger partial charge in [0.05, 0.1) is 11.4 Å². The van der Waals surface area contributed by atoms with Gasteiger partial charge in [-0.3, -0.25) is 4.79 Å². The molecule has 0 radical (unpaired) electrons. The molecule has 0 spiro atoms. The van der Waals surface area contributed by atoms with Crippen LogP contribution in [-0.2, 0) is 16.0 Å². The van der Waals surface area contributed by atoms with E-state index in [1.165, 1.54) is 6.08 Å². The number of carbonyl (C=O) groups excluding carboxylic acids is 1. The smallest absolute Gasteiger partial charge is 0.326 e. The molecular weight excluding hydrogens is 536 g/mol. The van der Waals surface area contributed by atoms with Crippen molar-refractivity contribution < 1.29 is 14.7 Å². The molecule has 202 valence electrons. The molecule has 41 heavy (non-hydrogen) atoms. The number of aromatic amines is 1. The topological polar surface area (TPSA) is 100 Å². The molecule has 0 aliphatic rings. The summed E-state index contributed by atoms with van der Waals surface area (Å²) in [5.41, 5.74) is 4.75. The Morgan fingerprint density at radius 2 is 1.78 bits per heavy atom. The first kappa shape index (κ1) is 26.1. The Bertz CT molecular complexity index is 1940. The van der Waals surface area contributed by atoms with Gasteiger partial charge in [-0.1, -0.05) is 72.3 Å². The van der Waals surface area contributed by atoms with Gasteiger partial charge in [-0.2, -0.15) is 5.10 Å². The lowest BCUT2D eigenvalue weighted by Gasteiger charge is -2.12. The molecule has 6 rings (SSSR count). The number of benzene rings is 4. The van der Waals surface area contributed by atoms with Crippen molar-refractivity contribution in [1.29, 1.82) is 0 Å². The molecule has 2 heterocycles. The van der Waals surface area contributed by atoms with Gasteiger partial charge in [0.15, 0.2) is 0 Å². The molecule has 0 aliphatic heterocycles. The van der Waals surface area contributed by atoms with E-state index in [-0.39, 0.29) is 6.42 Å². The van der Waals surface area contributed by atoms with Crippen LogP contribution in [0.5, 0.6) is 0 Å². The summed E-state index contributed by atoms with van der Waals surface area (Å²) in [4.78, 5) is 28.1. The summed E-state index contributed by atoms with van der Waals surface area (Å²) in [6, 6.07) is 28.0. The number of H-pyrrole nitrogens is 1. The van der Waals surface area contributed by atoms with Crippen molar-refractivity contribution in [1.82, 2.24) is 20.1 Å². The van der Waals surface area contributed by atoms with Crippen molar-refractivity contribution in [3.8, 4) is 16.9 Å². The number of nitrogens with one attached hydrogen (secondary N) is 2. The molecular formula is C33H25ClN4O3. The maximum atomic E-state index is 13.0. The van der Waals surface area contributed by atoms with Crippen LogP contribution in [0.4, 0.5) is 0 Å². The standard InChI is InChI=1S/C33H25ClN4O3/c34-26-8-5-9-27(18-26)38-20-24(32(37-38)23-13-12-21-6-1-2-7-22(21)16-23)14-15-31(39)36-30(33(40)41)17-25-19-35-29-11-4-3-10-28(25)29/h1-16,18-20,30,35H,17H2,(H,36,39)(H,40,41)/t30-/m0/s1. The summed E-state index contributed by atoms with van der Waals surface area (Å²) in [6.07, 6.45) is 6.74. The number of para-hydroxylation sites is 1. The number of hydrogen-bond acceptors (Lipinski definition) is 3. The SMILES string of the molecule is O=C(C=Cc1cn(-c2cccc(Cl)c2)nc1-c1ccc2ccccc2c1)N[C@@H](Cc1c[nH]c2ccccc12)C(=O)O. The van der Waals surface area contributed by atoms with Crippen LogP contribution >= 0.6 is 11.6 Å². The summed E-state index contributed by atoms with van der Waals surface area (Å²) in [5, 5.41) is 21.0. The van der Waals surface area contributed by atoms with E-state index in [1.807, 2.05) is 79.0 Å². The fourth-order valence-electron chi connectivity index (χ4n) is 4.93. The van der Waals surface area contributed by atoms with Crippen LogP contribution in [0, 0.1) is 0 Å². The molecule has 0 unspecified atom stereocenters. The van der Waals surface area contributed by atoms with Crippen molar-refractivity contribution in [2.24, 2.45) is 0 Å². The highest BCUT2D eigenvalue weighted by Crippen LogP contribution is 2.28. The van der Waals surface area contributed by atoms with Crippen LogP contribution in [-0.4, -0.2) is 37.8 Å². The zero-order valence-electron chi connectivity index (χ0n) is 21.8. The zero-order chi connectivity index (χ0) is 28.3. The third kappa shape index (κ3) is 5.62. The van der Waals surface area contributed by atoms with Gasteiger partial charge >= 0.3 is 5.97 Å². The highest BCUT2D eigenvalue weighted by Gasteiger charge is 2.21. The summed E-state index contributed by atoms with van der Waals surface area (Å²) in [5.74, 6) is -1.63. The van der Waals surface area contributed by atoms with Gasteiger partial charge < -0.3 is 15.4 Å². The van der Waals surface area contributed by atoms with Crippen LogP contribution in [0.1, 0.15) is 11.1 Å². The first-order valence-corrected chi connectivity index (χ1v) is 13.4. The number of nitrogens with zero attached hydrogens (tertiary/aromatic N) is 2. The Morgan fingerprint density at radius 3 is 2.61 bits per heavy atom. The summed E-state index contributed by atoms with van der Waals surface area (Å²) >= 11 is 6.23. The van der Waals surface area contributed by atoms with Gasteiger partial charge in [0.1, 0.15) is 6.04 Å². The monoisotopic (exact) mass is 560 g/mol. The van der Waals surface area contributed by atoms with Gasteiger partial charge in [-0.05, 0) is 52.7 Å². The summed E-state index contributed by atoms with van der Waals surface area (Å²) in [6.45, 7) is 0. The third-order valence-corrected chi connectivity index (χ3v) is 7.20. The minimum Gasteiger partial charge on any atom is -0.480 e. The molecule has 3 N–H and O–H groups in total. The molecule has 0 bridgehead atoms. The van der Waals surface area contributed by atoms with E-state index in [0.717, 1.165) is 38.5 Å². The summed E-state index contributed by atoms with van der Waals surface area (Å²) in [7, 11) is 0. The van der Waals surface area contributed by atoms with E-state index in [1.54, 1.807) is 29.1 Å².